The Kier molecular flexibility index (Phi) is 64.5. The molecule has 0 spiro atoms. The number of hydrogen-bond donors (Lipinski definition) is 3. The lowest BCUT2D eigenvalue weighted by molar-refractivity contribution is -0.143. The molecule has 77 heavy (non-hydrogen) atoms. The second-order valence-electron chi connectivity index (χ2n) is 23.5. The van der Waals surface area contributed by atoms with Crippen molar-refractivity contribution in [2.75, 3.05) is 13.2 Å². The first-order valence-corrected chi connectivity index (χ1v) is 34.4. The molecule has 0 radical (unpaired) electrons. The zero-order valence-electron chi connectivity index (χ0n) is 51.7. The second-order valence-corrected chi connectivity index (χ2v) is 23.5. The molecule has 0 aromatic rings. The number of esters is 1. The van der Waals surface area contributed by atoms with Crippen LogP contribution in [0.4, 0.5) is 0 Å². The van der Waals surface area contributed by atoms with Crippen LogP contribution in [-0.2, 0) is 14.3 Å². The van der Waals surface area contributed by atoms with E-state index in [9.17, 15) is 19.8 Å². The summed E-state index contributed by atoms with van der Waals surface area (Å²) in [5.41, 5.74) is 0. The number of rotatable bonds is 64. The van der Waals surface area contributed by atoms with Crippen LogP contribution in [0.25, 0.3) is 0 Å². The van der Waals surface area contributed by atoms with E-state index in [0.29, 0.717) is 19.4 Å². The summed E-state index contributed by atoms with van der Waals surface area (Å²) in [7, 11) is 0. The standard InChI is InChI=1S/C71H133NO5/c1-3-5-7-9-11-13-15-17-18-19-20-21-22-24-27-30-33-36-40-43-47-51-55-59-63-69(74)68(67-73)72-70(75)64-60-56-52-48-44-41-37-34-31-28-25-23-26-29-32-35-38-42-46-50-54-58-62-66-77-71(76)65-61-57-53-49-45-39-16-14-12-10-8-6-4-2/h8,10,14,16,28,31,59,63,68-69,73-74H,3-7,9,11-13,15,17-27,29-30,32-58,60-62,64-67H2,1-2H3,(H,72,75)/b10-8-,16-14-,31-28-,63-59+. The average molecular weight is 1080 g/mol. The maximum absolute atomic E-state index is 12.5. The van der Waals surface area contributed by atoms with Gasteiger partial charge in [-0.15, -0.1) is 0 Å². The number of aliphatic hydroxyl groups is 2. The molecule has 0 aliphatic carbocycles. The van der Waals surface area contributed by atoms with E-state index in [1.54, 1.807) is 6.08 Å². The van der Waals surface area contributed by atoms with Gasteiger partial charge in [0.15, 0.2) is 0 Å². The third-order valence-corrected chi connectivity index (χ3v) is 15.8. The fourth-order valence-electron chi connectivity index (χ4n) is 10.6. The van der Waals surface area contributed by atoms with Gasteiger partial charge in [0.05, 0.1) is 25.4 Å². The maximum atomic E-state index is 12.5. The molecular formula is C71H133NO5. The third kappa shape index (κ3) is 62.9. The van der Waals surface area contributed by atoms with Crippen LogP contribution in [0.1, 0.15) is 367 Å². The zero-order valence-corrected chi connectivity index (χ0v) is 51.7. The molecule has 3 N–H and O–H groups in total. The largest absolute Gasteiger partial charge is 0.466 e. The molecule has 0 heterocycles. The summed E-state index contributed by atoms with van der Waals surface area (Å²) in [4.78, 5) is 24.6. The number of ether oxygens (including phenoxy) is 1. The molecule has 0 fully saturated rings. The number of nitrogens with one attached hydrogen (secondary N) is 1. The lowest BCUT2D eigenvalue weighted by Gasteiger charge is -2.20. The van der Waals surface area contributed by atoms with Crippen molar-refractivity contribution in [1.29, 1.82) is 0 Å². The number of carbonyl (C=O) groups excluding carboxylic acids is 2. The molecule has 0 saturated heterocycles. The van der Waals surface area contributed by atoms with Crippen molar-refractivity contribution in [2.45, 2.75) is 379 Å². The smallest absolute Gasteiger partial charge is 0.305 e. The summed E-state index contributed by atoms with van der Waals surface area (Å²) in [6.45, 7) is 4.86. The van der Waals surface area contributed by atoms with Crippen LogP contribution in [0.5, 0.6) is 0 Å². The fraction of sp³-hybridized carbons (Fsp3) is 0.859. The third-order valence-electron chi connectivity index (χ3n) is 15.8. The summed E-state index contributed by atoms with van der Waals surface area (Å²) in [6.07, 6.45) is 86.1. The number of hydrogen-bond acceptors (Lipinski definition) is 5. The number of allylic oxidation sites excluding steroid dienone is 7. The van der Waals surface area contributed by atoms with Crippen LogP contribution >= 0.6 is 0 Å². The van der Waals surface area contributed by atoms with Crippen molar-refractivity contribution >= 4 is 11.9 Å². The predicted octanol–water partition coefficient (Wildman–Crippen LogP) is 22.1. The quantitative estimate of drug-likeness (QED) is 0.0320. The summed E-state index contributed by atoms with van der Waals surface area (Å²) in [6, 6.07) is -0.635. The minimum atomic E-state index is -0.851. The first-order chi connectivity index (χ1) is 38.0. The minimum absolute atomic E-state index is 0.00429. The van der Waals surface area contributed by atoms with E-state index in [2.05, 4.69) is 55.6 Å². The Labute approximate surface area is 480 Å². The van der Waals surface area contributed by atoms with Crippen LogP contribution < -0.4 is 5.32 Å². The molecule has 1 amide bonds. The monoisotopic (exact) mass is 1080 g/mol. The molecule has 0 bridgehead atoms. The first kappa shape index (κ1) is 74.8. The minimum Gasteiger partial charge on any atom is -0.466 e. The molecule has 0 aliphatic rings. The van der Waals surface area contributed by atoms with Crippen molar-refractivity contribution in [3.63, 3.8) is 0 Å². The Hall–Kier alpha value is -2.18. The molecule has 6 heteroatoms. The van der Waals surface area contributed by atoms with Crippen LogP contribution in [0.2, 0.25) is 0 Å². The zero-order chi connectivity index (χ0) is 55.7. The molecule has 6 nitrogen and oxygen atoms in total. The van der Waals surface area contributed by atoms with Gasteiger partial charge in [-0.05, 0) is 83.5 Å². The Balaban J connectivity index is 3.45. The van der Waals surface area contributed by atoms with Crippen molar-refractivity contribution in [3.8, 4) is 0 Å². The highest BCUT2D eigenvalue weighted by Crippen LogP contribution is 2.18. The van der Waals surface area contributed by atoms with E-state index in [-0.39, 0.29) is 18.5 Å². The molecule has 2 unspecified atom stereocenters. The van der Waals surface area contributed by atoms with E-state index >= 15 is 0 Å². The summed E-state index contributed by atoms with van der Waals surface area (Å²) < 4.78 is 5.47. The number of amides is 1. The van der Waals surface area contributed by atoms with Gasteiger partial charge < -0.3 is 20.3 Å². The Morgan fingerprint density at radius 3 is 1.05 bits per heavy atom. The van der Waals surface area contributed by atoms with E-state index in [1.165, 1.54) is 283 Å². The lowest BCUT2D eigenvalue weighted by atomic mass is 10.0. The highest BCUT2D eigenvalue weighted by molar-refractivity contribution is 5.76. The van der Waals surface area contributed by atoms with Gasteiger partial charge in [-0.1, -0.05) is 319 Å². The number of carbonyl (C=O) groups is 2. The predicted molar refractivity (Wildman–Crippen MR) is 338 cm³/mol. The topological polar surface area (TPSA) is 95.9 Å². The molecule has 0 saturated carbocycles. The SMILES string of the molecule is CCC/C=C\C/C=C\CCCCCCCC(=O)OCCCCCCCCCCCCCC/C=C\CCCCCCCCCC(=O)NC(CO)C(O)/C=C/CCCCCCCCCCCCCCCCCCCCCCCC. The molecular weight excluding hydrogens is 947 g/mol. The Morgan fingerprint density at radius 2 is 0.675 bits per heavy atom. The van der Waals surface area contributed by atoms with Crippen LogP contribution in [-0.4, -0.2) is 47.4 Å². The van der Waals surface area contributed by atoms with E-state index in [0.717, 1.165) is 57.8 Å². The van der Waals surface area contributed by atoms with E-state index < -0.39 is 12.1 Å². The van der Waals surface area contributed by atoms with Crippen LogP contribution in [0.15, 0.2) is 48.6 Å². The van der Waals surface area contributed by atoms with Gasteiger partial charge in [-0.2, -0.15) is 0 Å². The first-order valence-electron chi connectivity index (χ1n) is 34.4. The van der Waals surface area contributed by atoms with Crippen molar-refractivity contribution < 1.29 is 24.5 Å². The molecule has 0 aromatic heterocycles. The van der Waals surface area contributed by atoms with Gasteiger partial charge in [-0.3, -0.25) is 9.59 Å². The highest BCUT2D eigenvalue weighted by Gasteiger charge is 2.18. The van der Waals surface area contributed by atoms with Gasteiger partial charge in [-0.25, -0.2) is 0 Å². The average Bonchev–Trinajstić information content (AvgIpc) is 3.43. The van der Waals surface area contributed by atoms with Crippen LogP contribution in [0.3, 0.4) is 0 Å². The molecule has 2 atom stereocenters. The Morgan fingerprint density at radius 1 is 0.364 bits per heavy atom. The van der Waals surface area contributed by atoms with Gasteiger partial charge in [0.25, 0.3) is 0 Å². The van der Waals surface area contributed by atoms with Crippen molar-refractivity contribution in [3.05, 3.63) is 48.6 Å². The van der Waals surface area contributed by atoms with E-state index in [4.69, 9.17) is 4.74 Å². The molecule has 0 aliphatic heterocycles. The summed E-state index contributed by atoms with van der Waals surface area (Å²) in [5, 5.41) is 23.3. The number of unbranched alkanes of at least 4 members (excludes halogenated alkanes) is 47. The van der Waals surface area contributed by atoms with Crippen molar-refractivity contribution in [2.24, 2.45) is 0 Å². The van der Waals surface area contributed by atoms with Gasteiger partial charge in [0.1, 0.15) is 0 Å². The summed E-state index contributed by atoms with van der Waals surface area (Å²) >= 11 is 0. The van der Waals surface area contributed by atoms with Gasteiger partial charge in [0, 0.05) is 12.8 Å². The normalized spacial score (nSPS) is 12.8. The van der Waals surface area contributed by atoms with Gasteiger partial charge >= 0.3 is 5.97 Å². The van der Waals surface area contributed by atoms with Crippen LogP contribution in [0, 0.1) is 0 Å². The highest BCUT2D eigenvalue weighted by atomic mass is 16.5. The lowest BCUT2D eigenvalue weighted by Crippen LogP contribution is -2.45. The van der Waals surface area contributed by atoms with E-state index in [1.807, 2.05) is 6.08 Å². The van der Waals surface area contributed by atoms with Crippen molar-refractivity contribution in [1.82, 2.24) is 5.32 Å². The molecule has 0 rings (SSSR count). The molecule has 452 valence electrons. The summed E-state index contributed by atoms with van der Waals surface area (Å²) in [5.74, 6) is -0.0756. The van der Waals surface area contributed by atoms with Gasteiger partial charge in [0.2, 0.25) is 5.91 Å². The number of aliphatic hydroxyl groups excluding tert-OH is 2. The maximum Gasteiger partial charge on any atom is 0.305 e. The molecule has 0 aromatic carbocycles. The fourth-order valence-corrected chi connectivity index (χ4v) is 10.6. The second kappa shape index (κ2) is 66.3. The Bertz CT molecular complexity index is 1290.